The lowest BCUT2D eigenvalue weighted by molar-refractivity contribution is -0.697. The van der Waals surface area contributed by atoms with E-state index in [2.05, 4.69) is 12.1 Å². The first kappa shape index (κ1) is 14.7. The van der Waals surface area contributed by atoms with Crippen molar-refractivity contribution < 1.29 is 17.5 Å². The monoisotopic (exact) mass is 291 g/mol. The van der Waals surface area contributed by atoms with Gasteiger partial charge in [0, 0.05) is 30.2 Å². The highest BCUT2D eigenvalue weighted by atomic mass is 32.2. The quantitative estimate of drug-likeness (QED) is 0.598. The average Bonchev–Trinajstić information content (AvgIpc) is 2.39. The largest absolute Gasteiger partial charge is 0.748 e. The Morgan fingerprint density at radius 3 is 2.40 bits per heavy atom. The molecular formula is C15H17NO3S. The Hall–Kier alpha value is -1.72. The third kappa shape index (κ3) is 5.11. The Morgan fingerprint density at radius 2 is 1.70 bits per heavy atom. The molecule has 0 unspecified atom stereocenters. The van der Waals surface area contributed by atoms with Gasteiger partial charge in [-0.25, -0.2) is 13.0 Å². The van der Waals surface area contributed by atoms with Crippen LogP contribution in [0, 0.1) is 0 Å². The molecule has 0 saturated heterocycles. The van der Waals surface area contributed by atoms with Crippen LogP contribution < -0.4 is 4.57 Å². The van der Waals surface area contributed by atoms with Gasteiger partial charge in [-0.05, 0) is 11.6 Å². The predicted octanol–water partition coefficient (Wildman–Crippen LogP) is 1.50. The third-order valence-electron chi connectivity index (χ3n) is 2.98. The number of benzene rings is 1. The van der Waals surface area contributed by atoms with Gasteiger partial charge in [-0.1, -0.05) is 30.3 Å². The van der Waals surface area contributed by atoms with Crippen LogP contribution in [-0.2, 0) is 23.1 Å². The third-order valence-corrected chi connectivity index (χ3v) is 3.77. The number of hydrogen-bond acceptors (Lipinski definition) is 3. The van der Waals surface area contributed by atoms with Crippen molar-refractivity contribution in [2.45, 2.75) is 19.4 Å². The van der Waals surface area contributed by atoms with Crippen LogP contribution in [0.5, 0.6) is 0 Å². The zero-order valence-electron chi connectivity index (χ0n) is 11.1. The van der Waals surface area contributed by atoms with Gasteiger partial charge < -0.3 is 4.55 Å². The summed E-state index contributed by atoms with van der Waals surface area (Å²) in [5.74, 6) is -0.317. The van der Waals surface area contributed by atoms with Crippen molar-refractivity contribution >= 4 is 10.1 Å². The van der Waals surface area contributed by atoms with E-state index in [1.807, 2.05) is 47.3 Å². The van der Waals surface area contributed by atoms with E-state index in [9.17, 15) is 13.0 Å². The number of rotatable bonds is 6. The fraction of sp³-hybridized carbons (Fsp3) is 0.267. The molecule has 0 saturated carbocycles. The molecule has 20 heavy (non-hydrogen) atoms. The van der Waals surface area contributed by atoms with E-state index in [1.165, 1.54) is 5.56 Å². The summed E-state index contributed by atoms with van der Waals surface area (Å²) in [6.07, 6.45) is 5.04. The average molecular weight is 291 g/mol. The summed E-state index contributed by atoms with van der Waals surface area (Å²) in [6, 6.07) is 14.1. The molecule has 0 aliphatic heterocycles. The van der Waals surface area contributed by atoms with Gasteiger partial charge in [-0.15, -0.1) is 0 Å². The van der Waals surface area contributed by atoms with Crippen molar-refractivity contribution in [1.29, 1.82) is 0 Å². The second-order valence-electron chi connectivity index (χ2n) is 4.73. The van der Waals surface area contributed by atoms with Gasteiger partial charge in [-0.2, -0.15) is 0 Å². The van der Waals surface area contributed by atoms with E-state index in [0.29, 0.717) is 13.0 Å². The summed E-state index contributed by atoms with van der Waals surface area (Å²) in [7, 11) is -4.12. The molecule has 4 nitrogen and oxygen atoms in total. The van der Waals surface area contributed by atoms with Crippen molar-refractivity contribution in [3.8, 4) is 0 Å². The summed E-state index contributed by atoms with van der Waals surface area (Å²) in [6.45, 7) is 0.532. The summed E-state index contributed by atoms with van der Waals surface area (Å²) in [4.78, 5) is 0. The number of nitrogens with zero attached hydrogens (tertiary/aromatic N) is 1. The summed E-state index contributed by atoms with van der Waals surface area (Å²) >= 11 is 0. The highest BCUT2D eigenvalue weighted by Crippen LogP contribution is 2.06. The maximum absolute atomic E-state index is 10.6. The highest BCUT2D eigenvalue weighted by Gasteiger charge is 2.05. The molecule has 106 valence electrons. The zero-order chi connectivity index (χ0) is 14.4. The van der Waals surface area contributed by atoms with Crippen LogP contribution in [0.25, 0.3) is 0 Å². The van der Waals surface area contributed by atoms with E-state index in [-0.39, 0.29) is 5.75 Å². The van der Waals surface area contributed by atoms with Crippen molar-refractivity contribution in [1.82, 2.24) is 0 Å². The van der Waals surface area contributed by atoms with Crippen LogP contribution in [0.3, 0.4) is 0 Å². The molecule has 0 atom stereocenters. The van der Waals surface area contributed by atoms with Crippen LogP contribution in [0.15, 0.2) is 54.9 Å². The molecule has 0 spiro atoms. The molecule has 5 heteroatoms. The fourth-order valence-corrected chi connectivity index (χ4v) is 2.56. The van der Waals surface area contributed by atoms with Gasteiger partial charge in [0.1, 0.15) is 6.54 Å². The SMILES string of the molecule is O=S(=O)([O-])CCC[n+]1cccc(Cc2ccccc2)c1. The number of pyridine rings is 1. The maximum Gasteiger partial charge on any atom is 0.172 e. The first-order valence-corrected chi connectivity index (χ1v) is 8.06. The molecule has 0 aliphatic carbocycles. The smallest absolute Gasteiger partial charge is 0.172 e. The second-order valence-corrected chi connectivity index (χ2v) is 6.25. The number of hydrogen-bond donors (Lipinski definition) is 0. The summed E-state index contributed by atoms with van der Waals surface area (Å²) in [5, 5.41) is 0. The van der Waals surface area contributed by atoms with Gasteiger partial charge in [-0.3, -0.25) is 0 Å². The molecule has 1 aromatic heterocycles. The topological polar surface area (TPSA) is 61.1 Å². The molecule has 0 aliphatic rings. The number of aryl methyl sites for hydroxylation is 1. The molecule has 0 bridgehead atoms. The minimum atomic E-state index is -4.12. The first-order chi connectivity index (χ1) is 9.53. The van der Waals surface area contributed by atoms with E-state index >= 15 is 0 Å². The second kappa shape index (κ2) is 6.63. The lowest BCUT2D eigenvalue weighted by Gasteiger charge is -2.05. The minimum Gasteiger partial charge on any atom is -0.748 e. The van der Waals surface area contributed by atoms with Crippen LogP contribution in [0.4, 0.5) is 0 Å². The lowest BCUT2D eigenvalue weighted by Crippen LogP contribution is -2.34. The molecule has 1 heterocycles. The van der Waals surface area contributed by atoms with Crippen molar-refractivity contribution in [3.63, 3.8) is 0 Å². The van der Waals surface area contributed by atoms with Crippen molar-refractivity contribution in [2.75, 3.05) is 5.75 Å². The van der Waals surface area contributed by atoms with Gasteiger partial charge in [0.15, 0.2) is 12.4 Å². The predicted molar refractivity (Wildman–Crippen MR) is 75.1 cm³/mol. The molecule has 2 aromatic rings. The van der Waals surface area contributed by atoms with E-state index < -0.39 is 10.1 Å². The van der Waals surface area contributed by atoms with Crippen molar-refractivity contribution in [3.05, 3.63) is 66.0 Å². The fourth-order valence-electron chi connectivity index (χ4n) is 2.08. The molecular weight excluding hydrogens is 274 g/mol. The molecule has 1 aromatic carbocycles. The Bertz CT molecular complexity index is 654. The highest BCUT2D eigenvalue weighted by molar-refractivity contribution is 7.85. The molecule has 0 N–H and O–H groups in total. The van der Waals surface area contributed by atoms with Gasteiger partial charge >= 0.3 is 0 Å². The molecule has 2 rings (SSSR count). The van der Waals surface area contributed by atoms with Crippen LogP contribution in [0.1, 0.15) is 17.5 Å². The van der Waals surface area contributed by atoms with E-state index in [0.717, 1.165) is 12.0 Å². The van der Waals surface area contributed by atoms with Gasteiger partial charge in [0.2, 0.25) is 0 Å². The Kier molecular flexibility index (Phi) is 4.87. The Balaban J connectivity index is 1.97. The summed E-state index contributed by atoms with van der Waals surface area (Å²) in [5.41, 5.74) is 2.39. The Morgan fingerprint density at radius 1 is 1.00 bits per heavy atom. The molecule has 0 amide bonds. The van der Waals surface area contributed by atoms with E-state index in [4.69, 9.17) is 0 Å². The standard InChI is InChI=1S/C15H17NO3S/c17-20(18,19)11-5-10-16-9-4-8-15(13-16)12-14-6-2-1-3-7-14/h1-4,6-9,13H,5,10-12H2. The van der Waals surface area contributed by atoms with Crippen LogP contribution >= 0.6 is 0 Å². The molecule has 0 radical (unpaired) electrons. The lowest BCUT2D eigenvalue weighted by atomic mass is 10.1. The number of aromatic nitrogens is 1. The first-order valence-electron chi connectivity index (χ1n) is 6.48. The maximum atomic E-state index is 10.6. The van der Waals surface area contributed by atoms with E-state index in [1.54, 1.807) is 0 Å². The van der Waals surface area contributed by atoms with Crippen LogP contribution in [0.2, 0.25) is 0 Å². The van der Waals surface area contributed by atoms with Crippen LogP contribution in [-0.4, -0.2) is 18.7 Å². The normalized spacial score (nSPS) is 11.4. The minimum absolute atomic E-state index is 0.317. The van der Waals surface area contributed by atoms with Gasteiger partial charge in [0.05, 0.1) is 10.1 Å². The van der Waals surface area contributed by atoms with Crippen molar-refractivity contribution in [2.24, 2.45) is 0 Å². The summed E-state index contributed by atoms with van der Waals surface area (Å²) < 4.78 is 33.6. The molecule has 0 fully saturated rings. The Labute approximate surface area is 119 Å². The van der Waals surface area contributed by atoms with Gasteiger partial charge in [0.25, 0.3) is 0 Å². The zero-order valence-corrected chi connectivity index (χ0v) is 11.9.